The number of hydrogen-bond acceptors (Lipinski definition) is 4. The summed E-state index contributed by atoms with van der Waals surface area (Å²) in [6.07, 6.45) is 8.74. The van der Waals surface area contributed by atoms with E-state index >= 15 is 0 Å². The summed E-state index contributed by atoms with van der Waals surface area (Å²) in [5.74, 6) is -2.51. The normalized spacial score (nSPS) is 14.4. The third-order valence-corrected chi connectivity index (χ3v) is 4.51. The topological polar surface area (TPSA) is 94.8 Å². The number of carboxylic acid groups (broad SMARTS) is 2. The second kappa shape index (κ2) is 10.8. The molecule has 7 nitrogen and oxygen atoms in total. The summed E-state index contributed by atoms with van der Waals surface area (Å²) in [4.78, 5) is 21.6. The van der Waals surface area contributed by atoms with E-state index in [2.05, 4.69) is 70.7 Å². The van der Waals surface area contributed by atoms with E-state index in [-0.39, 0.29) is 0 Å². The maximum absolute atomic E-state index is 9.55. The maximum Gasteiger partial charge on any atom is 0.328 e. The first-order valence-corrected chi connectivity index (χ1v) is 9.36. The largest absolute Gasteiger partial charge is 0.478 e. The van der Waals surface area contributed by atoms with Gasteiger partial charge in [-0.1, -0.05) is 25.1 Å². The smallest absolute Gasteiger partial charge is 0.328 e. The fraction of sp³-hybridized carbons (Fsp3) is 0.333. The Morgan fingerprint density at radius 1 is 1.04 bits per heavy atom. The van der Waals surface area contributed by atoms with Crippen molar-refractivity contribution in [2.75, 3.05) is 23.4 Å². The van der Waals surface area contributed by atoms with Crippen LogP contribution < -0.4 is 10.3 Å². The number of nitrogens with one attached hydrogen (secondary N) is 1. The average molecular weight is 385 g/mol. The molecule has 0 radical (unpaired) electrons. The number of aromatic nitrogens is 1. The Kier molecular flexibility index (Phi) is 8.14. The third kappa shape index (κ3) is 6.83. The van der Waals surface area contributed by atoms with Crippen LogP contribution in [0.1, 0.15) is 25.3 Å². The van der Waals surface area contributed by atoms with Crippen LogP contribution in [0, 0.1) is 0 Å². The van der Waals surface area contributed by atoms with Gasteiger partial charge in [0, 0.05) is 49.4 Å². The minimum Gasteiger partial charge on any atom is -0.478 e. The molecule has 1 aromatic carbocycles. The molecule has 0 unspecified atom stereocenters. The Morgan fingerprint density at radius 3 is 2.14 bits per heavy atom. The van der Waals surface area contributed by atoms with Crippen molar-refractivity contribution in [1.29, 1.82) is 0 Å². The summed E-state index contributed by atoms with van der Waals surface area (Å²) in [6, 6.07) is 13.5. The predicted molar refractivity (Wildman–Crippen MR) is 109 cm³/mol. The number of nitrogens with zero attached hydrogens (tertiary/aromatic N) is 2. The molecule has 1 fully saturated rings. The molecule has 3 N–H and O–H groups in total. The van der Waals surface area contributed by atoms with Crippen LogP contribution in [0.15, 0.2) is 60.9 Å². The average Bonchev–Trinajstić information content (AvgIpc) is 3.20. The molecule has 0 spiro atoms. The fourth-order valence-electron chi connectivity index (χ4n) is 3.14. The molecule has 1 saturated heterocycles. The molecule has 2 aromatic rings. The SMILES string of the molecule is CCc1ccccc1N1CCC(Nn2cccc2)CC1.O=C(O)C=CC(=O)O. The molecule has 1 aliphatic rings. The van der Waals surface area contributed by atoms with Crippen molar-refractivity contribution in [3.05, 3.63) is 66.5 Å². The zero-order valence-electron chi connectivity index (χ0n) is 16.0. The van der Waals surface area contributed by atoms with Gasteiger partial charge in [-0.3, -0.25) is 4.68 Å². The summed E-state index contributed by atoms with van der Waals surface area (Å²) >= 11 is 0. The first-order valence-electron chi connectivity index (χ1n) is 9.36. The number of rotatable bonds is 6. The third-order valence-electron chi connectivity index (χ3n) is 4.51. The molecule has 1 aliphatic heterocycles. The van der Waals surface area contributed by atoms with Crippen LogP contribution >= 0.6 is 0 Å². The van der Waals surface area contributed by atoms with E-state index in [0.717, 1.165) is 19.5 Å². The number of aryl methyl sites for hydroxylation is 1. The molecular weight excluding hydrogens is 358 g/mol. The molecule has 0 bridgehead atoms. The van der Waals surface area contributed by atoms with Crippen molar-refractivity contribution in [2.45, 2.75) is 32.2 Å². The molecule has 150 valence electrons. The van der Waals surface area contributed by atoms with E-state index in [0.29, 0.717) is 18.2 Å². The van der Waals surface area contributed by atoms with Crippen molar-refractivity contribution in [3.63, 3.8) is 0 Å². The molecule has 0 atom stereocenters. The van der Waals surface area contributed by atoms with E-state index < -0.39 is 11.9 Å². The van der Waals surface area contributed by atoms with Crippen LogP contribution in [-0.4, -0.2) is 46.0 Å². The van der Waals surface area contributed by atoms with Crippen LogP contribution in [0.3, 0.4) is 0 Å². The van der Waals surface area contributed by atoms with Crippen LogP contribution in [0.25, 0.3) is 0 Å². The van der Waals surface area contributed by atoms with Gasteiger partial charge in [-0.15, -0.1) is 0 Å². The van der Waals surface area contributed by atoms with Gasteiger partial charge in [0.15, 0.2) is 0 Å². The number of hydrogen-bond donors (Lipinski definition) is 3. The molecule has 7 heteroatoms. The molecule has 28 heavy (non-hydrogen) atoms. The van der Waals surface area contributed by atoms with Gasteiger partial charge in [0.1, 0.15) is 0 Å². The second-order valence-corrected chi connectivity index (χ2v) is 6.47. The van der Waals surface area contributed by atoms with Crippen molar-refractivity contribution in [3.8, 4) is 0 Å². The summed E-state index contributed by atoms with van der Waals surface area (Å²) in [5, 5.41) is 15.6. The highest BCUT2D eigenvalue weighted by Gasteiger charge is 2.20. The quantitative estimate of drug-likeness (QED) is 0.662. The number of piperidine rings is 1. The predicted octanol–water partition coefficient (Wildman–Crippen LogP) is 2.97. The van der Waals surface area contributed by atoms with E-state index in [9.17, 15) is 9.59 Å². The Bertz CT molecular complexity index is 763. The van der Waals surface area contributed by atoms with Crippen molar-refractivity contribution in [1.82, 2.24) is 4.68 Å². The van der Waals surface area contributed by atoms with Crippen molar-refractivity contribution < 1.29 is 19.8 Å². The highest BCUT2D eigenvalue weighted by atomic mass is 16.4. The Balaban J connectivity index is 0.000000300. The molecule has 2 heterocycles. The molecule has 3 rings (SSSR count). The first kappa shape index (κ1) is 21.1. The minimum atomic E-state index is -1.26. The Morgan fingerprint density at radius 2 is 1.61 bits per heavy atom. The number of para-hydroxylation sites is 1. The van der Waals surface area contributed by atoms with E-state index in [1.807, 2.05) is 0 Å². The lowest BCUT2D eigenvalue weighted by molar-refractivity contribution is -0.134. The number of aliphatic carboxylic acids is 2. The molecule has 1 aromatic heterocycles. The van der Waals surface area contributed by atoms with Crippen LogP contribution in [-0.2, 0) is 16.0 Å². The highest BCUT2D eigenvalue weighted by Crippen LogP contribution is 2.24. The van der Waals surface area contributed by atoms with Gasteiger partial charge in [-0.05, 0) is 43.0 Å². The number of benzene rings is 1. The Labute approximate surface area is 164 Å². The highest BCUT2D eigenvalue weighted by molar-refractivity contribution is 5.89. The maximum atomic E-state index is 9.55. The molecule has 0 aliphatic carbocycles. The standard InChI is InChI=1S/C17H23N3.C4H4O4/c1-2-15-7-3-4-8-17(15)19-13-9-16(10-14-19)18-20-11-5-6-12-20;5-3(6)1-2-4(7)8/h3-8,11-12,16,18H,2,9-10,13-14H2,1H3;1-2H,(H,5,6)(H,7,8). The zero-order chi connectivity index (χ0) is 20.4. The number of carboxylic acids is 2. The van der Waals surface area contributed by atoms with Gasteiger partial charge < -0.3 is 20.5 Å². The van der Waals surface area contributed by atoms with Crippen LogP contribution in [0.2, 0.25) is 0 Å². The minimum absolute atomic E-state index is 0.558. The first-order chi connectivity index (χ1) is 13.5. The van der Waals surface area contributed by atoms with E-state index in [1.165, 1.54) is 24.1 Å². The molecule has 0 saturated carbocycles. The van der Waals surface area contributed by atoms with Crippen molar-refractivity contribution in [2.24, 2.45) is 0 Å². The molecular formula is C21H27N3O4. The summed E-state index contributed by atoms with van der Waals surface area (Å²) in [7, 11) is 0. The van der Waals surface area contributed by atoms with Gasteiger partial charge in [0.25, 0.3) is 0 Å². The second-order valence-electron chi connectivity index (χ2n) is 6.47. The Hall–Kier alpha value is -3.22. The summed E-state index contributed by atoms with van der Waals surface area (Å²) in [5.41, 5.74) is 6.44. The summed E-state index contributed by atoms with van der Waals surface area (Å²) < 4.78 is 2.07. The van der Waals surface area contributed by atoms with Crippen LogP contribution in [0.4, 0.5) is 5.69 Å². The van der Waals surface area contributed by atoms with Crippen molar-refractivity contribution >= 4 is 17.6 Å². The lowest BCUT2D eigenvalue weighted by Gasteiger charge is -2.35. The van der Waals surface area contributed by atoms with Crippen LogP contribution in [0.5, 0.6) is 0 Å². The van der Waals surface area contributed by atoms with Gasteiger partial charge in [0.05, 0.1) is 0 Å². The lowest BCUT2D eigenvalue weighted by atomic mass is 10.0. The molecule has 0 amide bonds. The van der Waals surface area contributed by atoms with E-state index in [4.69, 9.17) is 10.2 Å². The monoisotopic (exact) mass is 385 g/mol. The number of anilines is 1. The van der Waals surface area contributed by atoms with Gasteiger partial charge in [0.2, 0.25) is 0 Å². The van der Waals surface area contributed by atoms with Gasteiger partial charge in [-0.25, -0.2) is 9.59 Å². The zero-order valence-corrected chi connectivity index (χ0v) is 16.0. The summed E-state index contributed by atoms with van der Waals surface area (Å²) in [6.45, 7) is 4.51. The van der Waals surface area contributed by atoms with Gasteiger partial charge in [-0.2, -0.15) is 0 Å². The van der Waals surface area contributed by atoms with E-state index in [1.54, 1.807) is 0 Å². The number of carbonyl (C=O) groups is 2. The lowest BCUT2D eigenvalue weighted by Crippen LogP contribution is -2.41. The fourth-order valence-corrected chi connectivity index (χ4v) is 3.14. The van der Waals surface area contributed by atoms with Gasteiger partial charge >= 0.3 is 11.9 Å².